The molecule has 2 nitrogen and oxygen atoms in total. The predicted octanol–water partition coefficient (Wildman–Crippen LogP) is 5.61. The molecule has 0 unspecified atom stereocenters. The summed E-state index contributed by atoms with van der Waals surface area (Å²) < 4.78 is 0.546. The fourth-order valence-corrected chi connectivity index (χ4v) is 3.51. The Kier molecular flexibility index (Phi) is 4.79. The normalized spacial score (nSPS) is 10.5. The second-order valence-corrected chi connectivity index (χ2v) is 6.38. The van der Waals surface area contributed by atoms with Crippen molar-refractivity contribution >= 4 is 56.9 Å². The smallest absolute Gasteiger partial charge is 0.338 e. The summed E-state index contributed by atoms with van der Waals surface area (Å²) in [4.78, 5) is 12.7. The minimum Gasteiger partial charge on any atom is -0.478 e. The van der Waals surface area contributed by atoms with Crippen molar-refractivity contribution in [1.82, 2.24) is 0 Å². The maximum absolute atomic E-state index is 11.3. The van der Waals surface area contributed by atoms with Crippen molar-refractivity contribution in [3.8, 4) is 0 Å². The summed E-state index contributed by atoms with van der Waals surface area (Å²) in [7, 11) is 0. The van der Waals surface area contributed by atoms with E-state index in [1.807, 2.05) is 0 Å². The van der Waals surface area contributed by atoms with Gasteiger partial charge in [-0.15, -0.1) is 0 Å². The third-order valence-electron chi connectivity index (χ3n) is 2.31. The number of benzene rings is 2. The van der Waals surface area contributed by atoms with Gasteiger partial charge in [-0.1, -0.05) is 41.0 Å². The Balaban J connectivity index is 2.40. The topological polar surface area (TPSA) is 37.3 Å². The second kappa shape index (κ2) is 6.18. The first kappa shape index (κ1) is 14.7. The van der Waals surface area contributed by atoms with Gasteiger partial charge < -0.3 is 5.11 Å². The summed E-state index contributed by atoms with van der Waals surface area (Å²) in [5.41, 5.74) is 0.235. The molecular formula is C13H7BrCl2O2S. The van der Waals surface area contributed by atoms with Crippen LogP contribution >= 0.6 is 50.9 Å². The number of halogens is 3. The average molecular weight is 378 g/mol. The lowest BCUT2D eigenvalue weighted by molar-refractivity contribution is 0.0692. The third-order valence-corrected chi connectivity index (χ3v) is 4.76. The molecule has 6 heteroatoms. The molecule has 1 N–H and O–H groups in total. The van der Waals surface area contributed by atoms with Crippen molar-refractivity contribution in [2.75, 3.05) is 0 Å². The highest BCUT2D eigenvalue weighted by atomic mass is 79.9. The molecule has 0 saturated heterocycles. The zero-order valence-corrected chi connectivity index (χ0v) is 13.3. The van der Waals surface area contributed by atoms with Crippen LogP contribution in [0.1, 0.15) is 10.4 Å². The monoisotopic (exact) mass is 376 g/mol. The third kappa shape index (κ3) is 3.45. The van der Waals surface area contributed by atoms with Crippen LogP contribution in [0.3, 0.4) is 0 Å². The van der Waals surface area contributed by atoms with Crippen molar-refractivity contribution in [1.29, 1.82) is 0 Å². The van der Waals surface area contributed by atoms with E-state index in [0.29, 0.717) is 19.4 Å². The largest absolute Gasteiger partial charge is 0.478 e. The van der Waals surface area contributed by atoms with Gasteiger partial charge in [0.25, 0.3) is 0 Å². The number of hydrogen-bond acceptors (Lipinski definition) is 2. The van der Waals surface area contributed by atoms with Gasteiger partial charge in [0.15, 0.2) is 0 Å². The van der Waals surface area contributed by atoms with Gasteiger partial charge in [-0.3, -0.25) is 0 Å². The predicted molar refractivity (Wildman–Crippen MR) is 81.7 cm³/mol. The molecule has 0 aromatic heterocycles. The first-order valence-corrected chi connectivity index (χ1v) is 7.50. The molecule has 2 rings (SSSR count). The Morgan fingerprint density at radius 3 is 2.53 bits per heavy atom. The van der Waals surface area contributed by atoms with E-state index in [1.54, 1.807) is 36.4 Å². The van der Waals surface area contributed by atoms with Crippen LogP contribution in [-0.2, 0) is 0 Å². The molecule has 0 aliphatic heterocycles. The van der Waals surface area contributed by atoms with Crippen LogP contribution in [0.5, 0.6) is 0 Å². The molecule has 98 valence electrons. The lowest BCUT2D eigenvalue weighted by Crippen LogP contribution is -2.00. The molecule has 0 amide bonds. The Labute approximate surface area is 132 Å². The Morgan fingerprint density at radius 2 is 1.89 bits per heavy atom. The number of aromatic carboxylic acids is 1. The van der Waals surface area contributed by atoms with Gasteiger partial charge in [0, 0.05) is 14.3 Å². The summed E-state index contributed by atoms with van der Waals surface area (Å²) in [6, 6.07) is 10.4. The minimum atomic E-state index is -0.977. The number of carboxylic acids is 1. The van der Waals surface area contributed by atoms with Gasteiger partial charge in [0.05, 0.1) is 15.6 Å². The van der Waals surface area contributed by atoms with E-state index < -0.39 is 5.97 Å². The van der Waals surface area contributed by atoms with E-state index in [0.717, 1.165) is 4.90 Å². The molecule has 0 heterocycles. The summed E-state index contributed by atoms with van der Waals surface area (Å²) in [5.74, 6) is -0.977. The van der Waals surface area contributed by atoms with Gasteiger partial charge in [0.2, 0.25) is 0 Å². The fraction of sp³-hybridized carbons (Fsp3) is 0. The highest BCUT2D eigenvalue weighted by molar-refractivity contribution is 9.10. The summed E-state index contributed by atoms with van der Waals surface area (Å²) in [5, 5.41) is 10.1. The van der Waals surface area contributed by atoms with E-state index in [1.165, 1.54) is 11.8 Å². The van der Waals surface area contributed by atoms with Gasteiger partial charge in [-0.25, -0.2) is 4.79 Å². The quantitative estimate of drug-likeness (QED) is 0.755. The van der Waals surface area contributed by atoms with Crippen molar-refractivity contribution in [3.05, 3.63) is 56.5 Å². The lowest BCUT2D eigenvalue weighted by atomic mass is 10.2. The SMILES string of the molecule is O=C(O)c1c(Br)cccc1Sc1ccc(Cl)c(Cl)c1. The van der Waals surface area contributed by atoms with Crippen molar-refractivity contribution in [2.45, 2.75) is 9.79 Å². The first-order chi connectivity index (χ1) is 8.99. The molecule has 0 radical (unpaired) electrons. The molecule has 0 aliphatic rings. The van der Waals surface area contributed by atoms with Crippen LogP contribution in [-0.4, -0.2) is 11.1 Å². The highest BCUT2D eigenvalue weighted by Crippen LogP contribution is 2.36. The molecule has 0 aliphatic carbocycles. The van der Waals surface area contributed by atoms with E-state index in [9.17, 15) is 9.90 Å². The fourth-order valence-electron chi connectivity index (χ4n) is 1.46. The van der Waals surface area contributed by atoms with Gasteiger partial charge in [-0.05, 0) is 46.3 Å². The molecule has 19 heavy (non-hydrogen) atoms. The van der Waals surface area contributed by atoms with E-state index in [2.05, 4.69) is 15.9 Å². The van der Waals surface area contributed by atoms with Crippen LogP contribution in [0.15, 0.2) is 50.7 Å². The Morgan fingerprint density at radius 1 is 1.16 bits per heavy atom. The molecule has 0 spiro atoms. The Bertz CT molecular complexity index is 647. The number of carbonyl (C=O) groups is 1. The summed E-state index contributed by atoms with van der Waals surface area (Å²) in [6.45, 7) is 0. The second-order valence-electron chi connectivity index (χ2n) is 3.60. The highest BCUT2D eigenvalue weighted by Gasteiger charge is 2.15. The molecule has 2 aromatic carbocycles. The summed E-state index contributed by atoms with van der Waals surface area (Å²) in [6.07, 6.45) is 0. The molecule has 0 bridgehead atoms. The van der Waals surface area contributed by atoms with Crippen LogP contribution < -0.4 is 0 Å². The molecular weight excluding hydrogens is 371 g/mol. The molecule has 2 aromatic rings. The van der Waals surface area contributed by atoms with E-state index in [4.69, 9.17) is 23.2 Å². The number of carboxylic acid groups (broad SMARTS) is 1. The number of rotatable bonds is 3. The standard InChI is InChI=1S/C13H7BrCl2O2S/c14-8-2-1-3-11(12(8)13(17)18)19-7-4-5-9(15)10(16)6-7/h1-6H,(H,17,18). The molecule has 0 atom stereocenters. The van der Waals surface area contributed by atoms with Crippen molar-refractivity contribution in [2.24, 2.45) is 0 Å². The van der Waals surface area contributed by atoms with Crippen LogP contribution in [0, 0.1) is 0 Å². The molecule has 0 fully saturated rings. The zero-order chi connectivity index (χ0) is 14.0. The lowest BCUT2D eigenvalue weighted by Gasteiger charge is -2.08. The maximum Gasteiger partial charge on any atom is 0.338 e. The number of hydrogen-bond donors (Lipinski definition) is 1. The first-order valence-electron chi connectivity index (χ1n) is 5.13. The van der Waals surface area contributed by atoms with Crippen molar-refractivity contribution < 1.29 is 9.90 Å². The van der Waals surface area contributed by atoms with Crippen LogP contribution in [0.25, 0.3) is 0 Å². The Hall–Kier alpha value is -0.680. The van der Waals surface area contributed by atoms with Crippen LogP contribution in [0.4, 0.5) is 0 Å². The van der Waals surface area contributed by atoms with Crippen LogP contribution in [0.2, 0.25) is 10.0 Å². The summed E-state index contributed by atoms with van der Waals surface area (Å²) >= 11 is 16.4. The average Bonchev–Trinajstić information content (AvgIpc) is 2.33. The minimum absolute atomic E-state index is 0.235. The zero-order valence-electron chi connectivity index (χ0n) is 9.36. The van der Waals surface area contributed by atoms with Gasteiger partial charge >= 0.3 is 5.97 Å². The van der Waals surface area contributed by atoms with Gasteiger partial charge in [-0.2, -0.15) is 0 Å². The van der Waals surface area contributed by atoms with E-state index >= 15 is 0 Å². The maximum atomic E-state index is 11.3. The van der Waals surface area contributed by atoms with E-state index in [-0.39, 0.29) is 5.56 Å². The van der Waals surface area contributed by atoms with Crippen molar-refractivity contribution in [3.63, 3.8) is 0 Å². The molecule has 0 saturated carbocycles. The van der Waals surface area contributed by atoms with Gasteiger partial charge in [0.1, 0.15) is 0 Å².